The summed E-state index contributed by atoms with van der Waals surface area (Å²) in [6, 6.07) is 6.06. The minimum atomic E-state index is -4.71. The number of carbonyl (C=O) groups excluding carboxylic acids is 1. The number of nitrogens with zero attached hydrogens (tertiary/aromatic N) is 5. The highest BCUT2D eigenvalue weighted by Crippen LogP contribution is 2.33. The van der Waals surface area contributed by atoms with E-state index in [-0.39, 0.29) is 45.1 Å². The molecule has 1 amide bonds. The number of rotatable bonds is 7. The number of hydrogen-bond donors (Lipinski definition) is 2. The first-order valence-electron chi connectivity index (χ1n) is 10.6. The monoisotopic (exact) mass is 551 g/mol. The number of hydroxylamine groups is 1. The molecule has 3 aromatic heterocycles. The van der Waals surface area contributed by atoms with Gasteiger partial charge in [-0.1, -0.05) is 11.6 Å². The van der Waals surface area contributed by atoms with Crippen molar-refractivity contribution >= 4 is 29.1 Å². The Morgan fingerprint density at radius 1 is 1.11 bits per heavy atom. The van der Waals surface area contributed by atoms with Crippen molar-refractivity contribution in [3.63, 3.8) is 0 Å². The van der Waals surface area contributed by atoms with Crippen LogP contribution in [0.2, 0.25) is 5.02 Å². The Balaban J connectivity index is 1.88. The topological polar surface area (TPSA) is 116 Å². The van der Waals surface area contributed by atoms with Crippen LogP contribution in [0.25, 0.3) is 16.9 Å². The maximum Gasteiger partial charge on any atom is 0.435 e. The number of hydrogen-bond acceptors (Lipinski definition) is 8. The van der Waals surface area contributed by atoms with E-state index in [0.717, 1.165) is 16.8 Å². The number of aryl methyl sites for hydroxylation is 1. The second-order valence-corrected chi connectivity index (χ2v) is 8.09. The average molecular weight is 552 g/mol. The molecular weight excluding hydrogens is 534 g/mol. The predicted octanol–water partition coefficient (Wildman–Crippen LogP) is 4.89. The molecule has 0 atom stereocenters. The first-order valence-corrected chi connectivity index (χ1v) is 11.0. The summed E-state index contributed by atoms with van der Waals surface area (Å²) in [5, 5.41) is 6.36. The quantitative estimate of drug-likeness (QED) is 0.246. The summed E-state index contributed by atoms with van der Waals surface area (Å²) in [5.74, 6) is -1.45. The van der Waals surface area contributed by atoms with Gasteiger partial charge in [-0.2, -0.15) is 23.3 Å². The number of ether oxygens (including phenoxy) is 1. The number of pyridine rings is 1. The summed E-state index contributed by atoms with van der Waals surface area (Å²) in [4.78, 5) is 29.8. The Morgan fingerprint density at radius 3 is 2.50 bits per heavy atom. The largest absolute Gasteiger partial charge is 0.480 e. The number of nitrogens with one attached hydrogen (secondary N) is 2. The Bertz CT molecular complexity index is 1510. The van der Waals surface area contributed by atoms with Crippen molar-refractivity contribution in [3.8, 4) is 22.8 Å². The van der Waals surface area contributed by atoms with Crippen LogP contribution in [-0.2, 0) is 11.0 Å². The van der Waals surface area contributed by atoms with E-state index in [4.69, 9.17) is 16.3 Å². The second-order valence-electron chi connectivity index (χ2n) is 7.68. The molecule has 0 spiro atoms. The molecule has 0 unspecified atom stereocenters. The zero-order valence-electron chi connectivity index (χ0n) is 19.9. The lowest BCUT2D eigenvalue weighted by Crippen LogP contribution is -2.22. The number of anilines is 2. The van der Waals surface area contributed by atoms with Crippen LogP contribution in [0.5, 0.6) is 5.88 Å². The molecular formula is C23H18ClF4N7O3. The van der Waals surface area contributed by atoms with Crippen molar-refractivity contribution in [3.05, 3.63) is 70.5 Å². The van der Waals surface area contributed by atoms with Gasteiger partial charge in [0.25, 0.3) is 5.91 Å². The number of halogens is 5. The van der Waals surface area contributed by atoms with Gasteiger partial charge in [0.05, 0.1) is 19.2 Å². The summed E-state index contributed by atoms with van der Waals surface area (Å²) >= 11 is 5.83. The molecule has 0 aliphatic heterocycles. The fraction of sp³-hybridized carbons (Fsp3) is 0.174. The van der Waals surface area contributed by atoms with Gasteiger partial charge in [-0.15, -0.1) is 0 Å². The Morgan fingerprint density at radius 2 is 1.87 bits per heavy atom. The van der Waals surface area contributed by atoms with Crippen LogP contribution in [0, 0.1) is 12.7 Å². The average Bonchev–Trinajstić information content (AvgIpc) is 3.28. The fourth-order valence-corrected chi connectivity index (χ4v) is 3.58. The van der Waals surface area contributed by atoms with E-state index in [1.165, 1.54) is 51.7 Å². The van der Waals surface area contributed by atoms with E-state index < -0.39 is 23.6 Å². The summed E-state index contributed by atoms with van der Waals surface area (Å²) in [6.45, 7) is 1.42. The molecule has 0 radical (unpaired) electrons. The third-order valence-electron chi connectivity index (χ3n) is 5.12. The molecule has 3 heterocycles. The number of methoxy groups -OCH3 is 1. The standard InChI is InChI=1S/C23H18ClF4N7O3/c1-11-6-18(23(26,27)28)33-35(11)19-15(12-7-14(20(36)34-38-3)21(37-2)29-9-12)10-30-22(32-19)31-13-4-5-17(25)16(24)8-13/h4-10H,1-3H3,(H,34,36)(H,30,31,32). The van der Waals surface area contributed by atoms with E-state index in [0.29, 0.717) is 5.69 Å². The molecule has 0 bridgehead atoms. The number of alkyl halides is 3. The highest BCUT2D eigenvalue weighted by atomic mass is 35.5. The van der Waals surface area contributed by atoms with Crippen molar-refractivity contribution in [2.24, 2.45) is 0 Å². The Labute approximate surface area is 217 Å². The molecule has 2 N–H and O–H groups in total. The lowest BCUT2D eigenvalue weighted by molar-refractivity contribution is -0.141. The van der Waals surface area contributed by atoms with Gasteiger partial charge in [0.15, 0.2) is 11.5 Å². The lowest BCUT2D eigenvalue weighted by atomic mass is 10.1. The number of aromatic nitrogens is 5. The van der Waals surface area contributed by atoms with Crippen LogP contribution in [0.3, 0.4) is 0 Å². The van der Waals surface area contributed by atoms with Gasteiger partial charge in [0.2, 0.25) is 11.8 Å². The zero-order chi connectivity index (χ0) is 27.6. The van der Waals surface area contributed by atoms with Crippen LogP contribution in [0.1, 0.15) is 21.7 Å². The SMILES string of the molecule is CONC(=O)c1cc(-c2cnc(Nc3ccc(F)c(Cl)c3)nc2-n2nc(C(F)(F)F)cc2C)cnc1OC. The second kappa shape index (κ2) is 10.6. The maximum absolute atomic E-state index is 13.6. The zero-order valence-corrected chi connectivity index (χ0v) is 20.6. The van der Waals surface area contributed by atoms with Crippen molar-refractivity contribution in [2.75, 3.05) is 19.5 Å². The molecule has 0 aliphatic carbocycles. The number of benzene rings is 1. The maximum atomic E-state index is 13.6. The molecule has 4 rings (SSSR count). The number of carbonyl (C=O) groups is 1. The van der Waals surface area contributed by atoms with Crippen LogP contribution in [-0.4, -0.2) is 44.9 Å². The molecule has 198 valence electrons. The van der Waals surface area contributed by atoms with Crippen molar-refractivity contribution in [1.82, 2.24) is 30.2 Å². The molecule has 0 saturated carbocycles. The van der Waals surface area contributed by atoms with Gasteiger partial charge in [-0.3, -0.25) is 9.63 Å². The molecule has 1 aromatic carbocycles. The van der Waals surface area contributed by atoms with Crippen molar-refractivity contribution < 1.29 is 31.9 Å². The van der Waals surface area contributed by atoms with E-state index in [2.05, 4.69) is 35.7 Å². The minimum Gasteiger partial charge on any atom is -0.480 e. The molecule has 38 heavy (non-hydrogen) atoms. The summed E-state index contributed by atoms with van der Waals surface area (Å²) in [6.07, 6.45) is -2.06. The first-order chi connectivity index (χ1) is 18.0. The Hall–Kier alpha value is -4.30. The molecule has 4 aromatic rings. The van der Waals surface area contributed by atoms with E-state index >= 15 is 0 Å². The van der Waals surface area contributed by atoms with Crippen LogP contribution >= 0.6 is 11.6 Å². The van der Waals surface area contributed by atoms with Crippen LogP contribution in [0.15, 0.2) is 42.7 Å². The van der Waals surface area contributed by atoms with Crippen molar-refractivity contribution in [1.29, 1.82) is 0 Å². The Kier molecular flexibility index (Phi) is 7.46. The first kappa shape index (κ1) is 26.8. The van der Waals surface area contributed by atoms with Crippen LogP contribution < -0.4 is 15.5 Å². The molecule has 15 heteroatoms. The van der Waals surface area contributed by atoms with Gasteiger partial charge in [0.1, 0.15) is 11.4 Å². The highest BCUT2D eigenvalue weighted by Gasteiger charge is 2.35. The predicted molar refractivity (Wildman–Crippen MR) is 128 cm³/mol. The molecule has 10 nitrogen and oxygen atoms in total. The highest BCUT2D eigenvalue weighted by molar-refractivity contribution is 6.31. The number of amides is 1. The lowest BCUT2D eigenvalue weighted by Gasteiger charge is -2.14. The minimum absolute atomic E-state index is 0.0193. The van der Waals surface area contributed by atoms with Gasteiger partial charge >= 0.3 is 6.18 Å². The smallest absolute Gasteiger partial charge is 0.435 e. The molecule has 0 saturated heterocycles. The van der Waals surface area contributed by atoms with Gasteiger partial charge in [-0.05, 0) is 37.3 Å². The van der Waals surface area contributed by atoms with E-state index in [9.17, 15) is 22.4 Å². The van der Waals surface area contributed by atoms with Gasteiger partial charge < -0.3 is 10.1 Å². The summed E-state index contributed by atoms with van der Waals surface area (Å²) < 4.78 is 59.9. The van der Waals surface area contributed by atoms with E-state index in [1.807, 2.05) is 0 Å². The molecule has 0 fully saturated rings. The van der Waals surface area contributed by atoms with Gasteiger partial charge in [-0.25, -0.2) is 24.5 Å². The third-order valence-corrected chi connectivity index (χ3v) is 5.41. The van der Waals surface area contributed by atoms with E-state index in [1.54, 1.807) is 0 Å². The summed E-state index contributed by atoms with van der Waals surface area (Å²) in [7, 11) is 2.56. The third kappa shape index (κ3) is 5.50. The van der Waals surface area contributed by atoms with Crippen LogP contribution in [0.4, 0.5) is 29.2 Å². The van der Waals surface area contributed by atoms with Crippen molar-refractivity contribution in [2.45, 2.75) is 13.1 Å². The summed E-state index contributed by atoms with van der Waals surface area (Å²) in [5.41, 5.74) is 1.90. The normalized spacial score (nSPS) is 11.4. The fourth-order valence-electron chi connectivity index (χ4n) is 3.40. The molecule has 0 aliphatic rings. The van der Waals surface area contributed by atoms with Gasteiger partial charge in [0, 0.05) is 34.9 Å².